The van der Waals surface area contributed by atoms with Crippen LogP contribution in [0.5, 0.6) is 0 Å². The summed E-state index contributed by atoms with van der Waals surface area (Å²) in [4.78, 5) is 11.8. The van der Waals surface area contributed by atoms with Crippen LogP contribution < -0.4 is 5.32 Å². The Morgan fingerprint density at radius 3 is 2.75 bits per heavy atom. The van der Waals surface area contributed by atoms with Crippen molar-refractivity contribution in [1.82, 2.24) is 5.32 Å². The van der Waals surface area contributed by atoms with E-state index >= 15 is 0 Å². The predicted molar refractivity (Wildman–Crippen MR) is 60.1 cm³/mol. The van der Waals surface area contributed by atoms with Crippen molar-refractivity contribution in [3.63, 3.8) is 0 Å². The molecule has 0 aromatic carbocycles. The second kappa shape index (κ2) is 4.72. The molecule has 92 valence electrons. The van der Waals surface area contributed by atoms with E-state index < -0.39 is 6.10 Å². The number of carbonyl (C=O) groups excluding carboxylic acids is 1. The summed E-state index contributed by atoms with van der Waals surface area (Å²) in [6.07, 6.45) is 2.91. The first-order valence-electron chi connectivity index (χ1n) is 6.07. The van der Waals surface area contributed by atoms with E-state index in [1.807, 2.05) is 0 Å². The van der Waals surface area contributed by atoms with Gasteiger partial charge in [0.1, 0.15) is 0 Å². The minimum absolute atomic E-state index is 0.0117. The van der Waals surface area contributed by atoms with Crippen molar-refractivity contribution >= 4 is 5.91 Å². The normalized spacial score (nSPS) is 33.6. The van der Waals surface area contributed by atoms with Crippen LogP contribution in [0.1, 0.15) is 33.1 Å². The molecule has 0 bridgehead atoms. The van der Waals surface area contributed by atoms with Gasteiger partial charge in [-0.15, -0.1) is 0 Å². The quantitative estimate of drug-likeness (QED) is 0.768. The molecule has 1 heterocycles. The minimum Gasteiger partial charge on any atom is -0.376 e. The smallest absolute Gasteiger partial charge is 0.251 e. The molecule has 16 heavy (non-hydrogen) atoms. The van der Waals surface area contributed by atoms with Crippen LogP contribution in [0.25, 0.3) is 0 Å². The van der Waals surface area contributed by atoms with Gasteiger partial charge in [-0.3, -0.25) is 4.79 Å². The molecule has 2 aliphatic rings. The van der Waals surface area contributed by atoms with Gasteiger partial charge in [0.15, 0.2) is 6.10 Å². The first kappa shape index (κ1) is 11.9. The van der Waals surface area contributed by atoms with Crippen LogP contribution in [0.4, 0.5) is 0 Å². The molecule has 0 radical (unpaired) electrons. The van der Waals surface area contributed by atoms with Crippen LogP contribution in [-0.4, -0.2) is 37.9 Å². The van der Waals surface area contributed by atoms with Crippen molar-refractivity contribution < 1.29 is 14.3 Å². The molecule has 0 aromatic rings. The number of rotatable bonds is 2. The zero-order chi connectivity index (χ0) is 11.6. The van der Waals surface area contributed by atoms with Gasteiger partial charge in [-0.2, -0.15) is 0 Å². The molecule has 1 N–H and O–H groups in total. The molecule has 1 amide bonds. The van der Waals surface area contributed by atoms with Crippen LogP contribution >= 0.6 is 0 Å². The average Bonchev–Trinajstić information content (AvgIpc) is 2.59. The fourth-order valence-corrected chi connectivity index (χ4v) is 2.49. The van der Waals surface area contributed by atoms with Crippen molar-refractivity contribution in [3.8, 4) is 0 Å². The number of hydrogen-bond donors (Lipinski definition) is 1. The van der Waals surface area contributed by atoms with Gasteiger partial charge in [-0.25, -0.2) is 0 Å². The lowest BCUT2D eigenvalue weighted by atomic mass is 9.92. The molecule has 1 saturated heterocycles. The molecule has 4 nitrogen and oxygen atoms in total. The Bertz CT molecular complexity index is 259. The second-order valence-corrected chi connectivity index (χ2v) is 5.55. The summed E-state index contributed by atoms with van der Waals surface area (Å²) in [5.41, 5.74) is 0.363. The number of amides is 1. The van der Waals surface area contributed by atoms with Gasteiger partial charge in [0.05, 0.1) is 19.8 Å². The number of nitrogens with one attached hydrogen (secondary N) is 1. The van der Waals surface area contributed by atoms with Crippen molar-refractivity contribution in [2.24, 2.45) is 5.41 Å². The first-order valence-corrected chi connectivity index (χ1v) is 6.07. The maximum absolute atomic E-state index is 11.8. The molecule has 0 aromatic heterocycles. The highest BCUT2D eigenvalue weighted by Gasteiger charge is 2.33. The topological polar surface area (TPSA) is 47.6 Å². The zero-order valence-corrected chi connectivity index (χ0v) is 10.1. The Kier molecular flexibility index (Phi) is 3.50. The maximum atomic E-state index is 11.8. The molecular weight excluding hydrogens is 206 g/mol. The van der Waals surface area contributed by atoms with Gasteiger partial charge in [-0.1, -0.05) is 13.8 Å². The van der Waals surface area contributed by atoms with Crippen molar-refractivity contribution in [3.05, 3.63) is 0 Å². The highest BCUT2D eigenvalue weighted by molar-refractivity contribution is 5.81. The lowest BCUT2D eigenvalue weighted by molar-refractivity contribution is -0.148. The largest absolute Gasteiger partial charge is 0.376 e. The number of hydrogen-bond acceptors (Lipinski definition) is 3. The van der Waals surface area contributed by atoms with E-state index in [2.05, 4.69) is 19.2 Å². The van der Waals surface area contributed by atoms with Crippen molar-refractivity contribution in [2.75, 3.05) is 19.8 Å². The lowest BCUT2D eigenvalue weighted by Gasteiger charge is -2.24. The van der Waals surface area contributed by atoms with Gasteiger partial charge < -0.3 is 14.8 Å². The monoisotopic (exact) mass is 227 g/mol. The van der Waals surface area contributed by atoms with E-state index in [9.17, 15) is 4.79 Å². The van der Waals surface area contributed by atoms with Crippen LogP contribution in [-0.2, 0) is 14.3 Å². The summed E-state index contributed by atoms with van der Waals surface area (Å²) < 4.78 is 10.6. The second-order valence-electron chi connectivity index (χ2n) is 5.55. The Morgan fingerprint density at radius 2 is 2.19 bits per heavy atom. The Balaban J connectivity index is 1.79. The van der Waals surface area contributed by atoms with Crippen molar-refractivity contribution in [1.29, 1.82) is 0 Å². The van der Waals surface area contributed by atoms with Crippen LogP contribution in [0.15, 0.2) is 0 Å². The van der Waals surface area contributed by atoms with Gasteiger partial charge >= 0.3 is 0 Å². The summed E-state index contributed by atoms with van der Waals surface area (Å²) in [5.74, 6) is -0.0117. The molecule has 2 unspecified atom stereocenters. The van der Waals surface area contributed by atoms with Crippen LogP contribution in [0.3, 0.4) is 0 Å². The molecule has 0 spiro atoms. The highest BCUT2D eigenvalue weighted by atomic mass is 16.6. The first-order chi connectivity index (χ1) is 7.57. The Morgan fingerprint density at radius 1 is 1.38 bits per heavy atom. The fourth-order valence-electron chi connectivity index (χ4n) is 2.49. The SMILES string of the molecule is CC1(C)CCC(NC(=O)C2COCCO2)C1. The third kappa shape index (κ3) is 2.95. The third-order valence-corrected chi connectivity index (χ3v) is 3.42. The molecule has 2 atom stereocenters. The van der Waals surface area contributed by atoms with E-state index in [-0.39, 0.29) is 5.91 Å². The van der Waals surface area contributed by atoms with Gasteiger partial charge in [0.25, 0.3) is 5.91 Å². The lowest BCUT2D eigenvalue weighted by Crippen LogP contribution is -2.46. The van der Waals surface area contributed by atoms with E-state index in [1.165, 1.54) is 6.42 Å². The van der Waals surface area contributed by atoms with Gasteiger partial charge in [-0.05, 0) is 24.7 Å². The van der Waals surface area contributed by atoms with Gasteiger partial charge in [0.2, 0.25) is 0 Å². The predicted octanol–water partition coefficient (Wildman–Crippen LogP) is 1.10. The summed E-state index contributed by atoms with van der Waals surface area (Å²) in [5, 5.41) is 3.06. The molecule has 4 heteroatoms. The summed E-state index contributed by atoms with van der Waals surface area (Å²) >= 11 is 0. The van der Waals surface area contributed by atoms with E-state index in [1.54, 1.807) is 0 Å². The molecular formula is C12H21NO3. The Labute approximate surface area is 96.7 Å². The van der Waals surface area contributed by atoms with Gasteiger partial charge in [0, 0.05) is 6.04 Å². The summed E-state index contributed by atoms with van der Waals surface area (Å²) in [6.45, 7) is 6.01. The molecule has 2 rings (SSSR count). The molecule has 2 fully saturated rings. The van der Waals surface area contributed by atoms with E-state index in [0.717, 1.165) is 12.8 Å². The Hall–Kier alpha value is -0.610. The minimum atomic E-state index is -0.405. The van der Waals surface area contributed by atoms with Crippen molar-refractivity contribution in [2.45, 2.75) is 45.3 Å². The summed E-state index contributed by atoms with van der Waals surface area (Å²) in [7, 11) is 0. The zero-order valence-electron chi connectivity index (χ0n) is 10.1. The molecule has 1 aliphatic carbocycles. The highest BCUT2D eigenvalue weighted by Crippen LogP contribution is 2.36. The summed E-state index contributed by atoms with van der Waals surface area (Å²) in [6, 6.07) is 0.313. The number of ether oxygens (including phenoxy) is 2. The van der Waals surface area contributed by atoms with Crippen LogP contribution in [0, 0.1) is 5.41 Å². The average molecular weight is 227 g/mol. The third-order valence-electron chi connectivity index (χ3n) is 3.42. The standard InChI is InChI=1S/C12H21NO3/c1-12(2)4-3-9(7-12)13-11(14)10-8-15-5-6-16-10/h9-10H,3-8H2,1-2H3,(H,13,14). The van der Waals surface area contributed by atoms with E-state index in [4.69, 9.17) is 9.47 Å². The van der Waals surface area contributed by atoms with E-state index in [0.29, 0.717) is 31.3 Å². The maximum Gasteiger partial charge on any atom is 0.251 e. The van der Waals surface area contributed by atoms with Crippen LogP contribution in [0.2, 0.25) is 0 Å². The molecule has 1 saturated carbocycles. The fraction of sp³-hybridized carbons (Fsp3) is 0.917. The molecule has 1 aliphatic heterocycles. The number of carbonyl (C=O) groups is 1.